The number of rotatable bonds is 4. The molecule has 6 nitrogen and oxygen atoms in total. The van der Waals surface area contributed by atoms with E-state index in [9.17, 15) is 0 Å². The van der Waals surface area contributed by atoms with Gasteiger partial charge in [-0.15, -0.1) is 0 Å². The summed E-state index contributed by atoms with van der Waals surface area (Å²) in [5, 5.41) is 3.32. The Morgan fingerprint density at radius 1 is 1.29 bits per heavy atom. The predicted octanol–water partition coefficient (Wildman–Crippen LogP) is 3.59. The quantitative estimate of drug-likeness (QED) is 0.746. The second-order valence-electron chi connectivity index (χ2n) is 4.76. The molecule has 3 heterocycles. The molecule has 3 rings (SSSR count). The molecule has 1 unspecified atom stereocenters. The molecule has 0 aliphatic heterocycles. The molecule has 0 bridgehead atoms. The Bertz CT molecular complexity index is 755. The number of hydrogen-bond acceptors (Lipinski definition) is 5. The minimum absolute atomic E-state index is 0.186. The Balaban J connectivity index is 2.09. The van der Waals surface area contributed by atoms with E-state index in [1.54, 1.807) is 12.5 Å². The van der Waals surface area contributed by atoms with Crippen molar-refractivity contribution in [2.45, 2.75) is 26.3 Å². The molecule has 3 aromatic rings. The van der Waals surface area contributed by atoms with Crippen LogP contribution < -0.4 is 5.32 Å². The second kappa shape index (κ2) is 5.65. The molecule has 0 radical (unpaired) electrons. The molecule has 1 atom stereocenters. The first-order valence-corrected chi connectivity index (χ1v) is 7.15. The number of nitrogens with zero attached hydrogens (tertiary/aromatic N) is 5. The third kappa shape index (κ3) is 2.67. The minimum atomic E-state index is 0.186. The van der Waals surface area contributed by atoms with Crippen LogP contribution in [0.3, 0.4) is 0 Å². The molecule has 0 aromatic carbocycles. The van der Waals surface area contributed by atoms with Crippen LogP contribution in [0, 0.1) is 0 Å². The van der Waals surface area contributed by atoms with Gasteiger partial charge in [-0.2, -0.15) is 9.97 Å². The molecule has 0 spiro atoms. The standard InChI is InChI=1S/C14H15ClN6/c1-3-9(2)21-8-17-11-12(19-14(15)20-13(11)21)18-10-6-4-5-7-16-10/h4-9H,3H2,1-2H3,(H,16,18,19,20). The highest BCUT2D eigenvalue weighted by Crippen LogP contribution is 2.25. The van der Waals surface area contributed by atoms with Crippen molar-refractivity contribution in [2.75, 3.05) is 5.32 Å². The molecule has 3 aromatic heterocycles. The summed E-state index contributed by atoms with van der Waals surface area (Å²) in [6, 6.07) is 5.90. The number of halogens is 1. The Hall–Kier alpha value is -2.21. The largest absolute Gasteiger partial charge is 0.323 e. The van der Waals surface area contributed by atoms with Crippen LogP contribution in [-0.4, -0.2) is 24.5 Å². The van der Waals surface area contributed by atoms with Crippen molar-refractivity contribution >= 4 is 34.4 Å². The molecular weight excluding hydrogens is 288 g/mol. The van der Waals surface area contributed by atoms with E-state index < -0.39 is 0 Å². The van der Waals surface area contributed by atoms with Crippen LogP contribution in [0.4, 0.5) is 11.6 Å². The zero-order valence-electron chi connectivity index (χ0n) is 11.8. The van der Waals surface area contributed by atoms with Crippen molar-refractivity contribution in [3.8, 4) is 0 Å². The van der Waals surface area contributed by atoms with E-state index in [4.69, 9.17) is 11.6 Å². The molecule has 0 amide bonds. The number of anilines is 2. The van der Waals surface area contributed by atoms with Crippen molar-refractivity contribution < 1.29 is 0 Å². The van der Waals surface area contributed by atoms with Crippen LogP contribution in [0.2, 0.25) is 5.28 Å². The predicted molar refractivity (Wildman–Crippen MR) is 82.9 cm³/mol. The average molecular weight is 303 g/mol. The fraction of sp³-hybridized carbons (Fsp3) is 0.286. The summed E-state index contributed by atoms with van der Waals surface area (Å²) in [4.78, 5) is 17.2. The van der Waals surface area contributed by atoms with Gasteiger partial charge in [0.25, 0.3) is 0 Å². The molecule has 108 valence electrons. The molecule has 21 heavy (non-hydrogen) atoms. The van der Waals surface area contributed by atoms with E-state index in [1.807, 2.05) is 22.8 Å². The lowest BCUT2D eigenvalue weighted by atomic mass is 10.2. The summed E-state index contributed by atoms with van der Waals surface area (Å²) in [5.41, 5.74) is 1.41. The molecule has 0 aliphatic carbocycles. The molecule has 0 saturated heterocycles. The maximum atomic E-state index is 6.04. The zero-order chi connectivity index (χ0) is 14.8. The van der Waals surface area contributed by atoms with Crippen molar-refractivity contribution in [1.82, 2.24) is 24.5 Å². The SMILES string of the molecule is CCC(C)n1cnc2c(Nc3ccccn3)nc(Cl)nc21. The van der Waals surface area contributed by atoms with E-state index >= 15 is 0 Å². The Kier molecular flexibility index (Phi) is 3.70. The van der Waals surface area contributed by atoms with Gasteiger partial charge < -0.3 is 9.88 Å². The third-order valence-electron chi connectivity index (χ3n) is 3.37. The van der Waals surface area contributed by atoms with Crippen molar-refractivity contribution in [3.63, 3.8) is 0 Å². The second-order valence-corrected chi connectivity index (χ2v) is 5.10. The highest BCUT2D eigenvalue weighted by molar-refractivity contribution is 6.28. The van der Waals surface area contributed by atoms with Gasteiger partial charge in [0, 0.05) is 12.2 Å². The smallest absolute Gasteiger partial charge is 0.226 e. The molecule has 1 N–H and O–H groups in total. The fourth-order valence-corrected chi connectivity index (χ4v) is 2.22. The summed E-state index contributed by atoms with van der Waals surface area (Å²) < 4.78 is 2.01. The summed E-state index contributed by atoms with van der Waals surface area (Å²) in [5.74, 6) is 1.25. The van der Waals surface area contributed by atoms with Crippen LogP contribution in [0.5, 0.6) is 0 Å². The number of hydrogen-bond donors (Lipinski definition) is 1. The minimum Gasteiger partial charge on any atom is -0.323 e. The maximum Gasteiger partial charge on any atom is 0.226 e. The van der Waals surface area contributed by atoms with Crippen LogP contribution in [0.15, 0.2) is 30.7 Å². The van der Waals surface area contributed by atoms with Gasteiger partial charge in [-0.05, 0) is 37.1 Å². The van der Waals surface area contributed by atoms with Crippen molar-refractivity contribution in [2.24, 2.45) is 0 Å². The van der Waals surface area contributed by atoms with Gasteiger partial charge in [0.2, 0.25) is 5.28 Å². The lowest BCUT2D eigenvalue weighted by Crippen LogP contribution is -2.04. The Labute approximate surface area is 127 Å². The first-order valence-electron chi connectivity index (χ1n) is 6.77. The van der Waals surface area contributed by atoms with E-state index in [2.05, 4.69) is 39.1 Å². The average Bonchev–Trinajstić information content (AvgIpc) is 2.91. The van der Waals surface area contributed by atoms with E-state index in [0.29, 0.717) is 23.2 Å². The summed E-state index contributed by atoms with van der Waals surface area (Å²) in [6.07, 6.45) is 4.46. The van der Waals surface area contributed by atoms with Crippen molar-refractivity contribution in [1.29, 1.82) is 0 Å². The topological polar surface area (TPSA) is 68.5 Å². The summed E-state index contributed by atoms with van der Waals surface area (Å²) in [6.45, 7) is 4.23. The van der Waals surface area contributed by atoms with Gasteiger partial charge in [-0.25, -0.2) is 9.97 Å². The maximum absolute atomic E-state index is 6.04. The van der Waals surface area contributed by atoms with Gasteiger partial charge >= 0.3 is 0 Å². The number of nitrogens with one attached hydrogen (secondary N) is 1. The lowest BCUT2D eigenvalue weighted by Gasteiger charge is -2.11. The molecule has 0 aliphatic rings. The monoisotopic (exact) mass is 302 g/mol. The fourth-order valence-electron chi connectivity index (χ4n) is 2.05. The molecular formula is C14H15ClN6. The molecule has 0 fully saturated rings. The van der Waals surface area contributed by atoms with E-state index in [0.717, 1.165) is 12.1 Å². The number of pyridine rings is 1. The first kappa shape index (κ1) is 13.8. The van der Waals surface area contributed by atoms with E-state index in [1.165, 1.54) is 0 Å². The first-order chi connectivity index (χ1) is 10.2. The van der Waals surface area contributed by atoms with Crippen LogP contribution >= 0.6 is 11.6 Å². The van der Waals surface area contributed by atoms with E-state index in [-0.39, 0.29) is 5.28 Å². The lowest BCUT2D eigenvalue weighted by molar-refractivity contribution is 0.541. The van der Waals surface area contributed by atoms with Crippen molar-refractivity contribution in [3.05, 3.63) is 36.0 Å². The summed E-state index contributed by atoms with van der Waals surface area (Å²) >= 11 is 6.04. The number of fused-ring (bicyclic) bond motifs is 1. The molecule has 7 heteroatoms. The normalized spacial score (nSPS) is 12.5. The highest BCUT2D eigenvalue weighted by Gasteiger charge is 2.15. The van der Waals surface area contributed by atoms with Gasteiger partial charge in [-0.1, -0.05) is 13.0 Å². The van der Waals surface area contributed by atoms with Crippen LogP contribution in [0.25, 0.3) is 11.2 Å². The highest BCUT2D eigenvalue weighted by atomic mass is 35.5. The third-order valence-corrected chi connectivity index (χ3v) is 3.54. The van der Waals surface area contributed by atoms with Gasteiger partial charge in [0.15, 0.2) is 17.0 Å². The summed E-state index contributed by atoms with van der Waals surface area (Å²) in [7, 11) is 0. The zero-order valence-corrected chi connectivity index (χ0v) is 12.5. The Morgan fingerprint density at radius 3 is 2.86 bits per heavy atom. The van der Waals surface area contributed by atoms with Crippen LogP contribution in [0.1, 0.15) is 26.3 Å². The Morgan fingerprint density at radius 2 is 2.14 bits per heavy atom. The number of aromatic nitrogens is 5. The van der Waals surface area contributed by atoms with Gasteiger partial charge in [0.1, 0.15) is 5.82 Å². The molecule has 0 saturated carbocycles. The van der Waals surface area contributed by atoms with Crippen LogP contribution in [-0.2, 0) is 0 Å². The number of imidazole rings is 1. The van der Waals surface area contributed by atoms with Gasteiger partial charge in [-0.3, -0.25) is 0 Å². The van der Waals surface area contributed by atoms with Gasteiger partial charge in [0.05, 0.1) is 6.33 Å².